The quantitative estimate of drug-likeness (QED) is 0.908. The van der Waals surface area contributed by atoms with Gasteiger partial charge in [-0.2, -0.15) is 0 Å². The Morgan fingerprint density at radius 3 is 2.90 bits per heavy atom. The molecule has 6 heteroatoms. The maximum atomic E-state index is 12.5. The molecule has 0 spiro atoms. The van der Waals surface area contributed by atoms with Crippen molar-refractivity contribution < 1.29 is 4.79 Å². The summed E-state index contributed by atoms with van der Waals surface area (Å²) in [4.78, 5) is 16.8. The van der Waals surface area contributed by atoms with E-state index in [0.717, 1.165) is 17.8 Å². The molecule has 0 aromatic carbocycles. The highest BCUT2D eigenvalue weighted by molar-refractivity contribution is 7.09. The molecule has 20 heavy (non-hydrogen) atoms. The zero-order valence-electron chi connectivity index (χ0n) is 11.6. The number of nitrogens with one attached hydrogen (secondary N) is 1. The maximum absolute atomic E-state index is 12.5. The largest absolute Gasteiger partial charge is 0.397 e. The second-order valence-corrected chi connectivity index (χ2v) is 6.61. The van der Waals surface area contributed by atoms with Crippen molar-refractivity contribution in [1.82, 2.24) is 14.9 Å². The van der Waals surface area contributed by atoms with Gasteiger partial charge in [-0.25, -0.2) is 4.98 Å². The van der Waals surface area contributed by atoms with Gasteiger partial charge in [-0.1, -0.05) is 0 Å². The lowest BCUT2D eigenvalue weighted by Crippen LogP contribution is -2.41. The standard InChI is InChI=1S/C14H18N4OS/c1-14(2,13-16-5-6-20-13)17-12(19)11-7-9(15)8-18(11)10-3-4-10/h5-8,10H,3-4,15H2,1-2H3,(H,17,19). The Balaban J connectivity index is 1.83. The van der Waals surface area contributed by atoms with Crippen LogP contribution in [0.5, 0.6) is 0 Å². The van der Waals surface area contributed by atoms with Crippen molar-refractivity contribution in [2.45, 2.75) is 38.3 Å². The number of thiazole rings is 1. The molecule has 0 unspecified atom stereocenters. The van der Waals surface area contributed by atoms with Crippen molar-refractivity contribution in [2.75, 3.05) is 5.73 Å². The fourth-order valence-corrected chi connectivity index (χ4v) is 2.99. The van der Waals surface area contributed by atoms with Crippen LogP contribution < -0.4 is 11.1 Å². The molecule has 2 heterocycles. The van der Waals surface area contributed by atoms with Gasteiger partial charge in [-0.15, -0.1) is 11.3 Å². The van der Waals surface area contributed by atoms with Gasteiger partial charge in [0.25, 0.3) is 5.91 Å². The van der Waals surface area contributed by atoms with Crippen molar-refractivity contribution in [3.63, 3.8) is 0 Å². The summed E-state index contributed by atoms with van der Waals surface area (Å²) in [7, 11) is 0. The van der Waals surface area contributed by atoms with Gasteiger partial charge < -0.3 is 15.6 Å². The Bertz CT molecular complexity index is 626. The summed E-state index contributed by atoms with van der Waals surface area (Å²) in [6.07, 6.45) is 5.83. The van der Waals surface area contributed by atoms with Gasteiger partial charge in [0, 0.05) is 23.8 Å². The molecular formula is C14H18N4OS. The predicted octanol–water partition coefficient (Wildman–Crippen LogP) is 2.53. The minimum absolute atomic E-state index is 0.103. The lowest BCUT2D eigenvalue weighted by Gasteiger charge is -2.24. The van der Waals surface area contributed by atoms with Crippen LogP contribution >= 0.6 is 11.3 Å². The summed E-state index contributed by atoms with van der Waals surface area (Å²) < 4.78 is 1.99. The molecule has 106 valence electrons. The third-order valence-corrected chi connectivity index (χ3v) is 4.53. The Morgan fingerprint density at radius 2 is 2.30 bits per heavy atom. The Kier molecular flexibility index (Phi) is 3.05. The average molecular weight is 290 g/mol. The lowest BCUT2D eigenvalue weighted by molar-refractivity contribution is 0.0902. The predicted molar refractivity (Wildman–Crippen MR) is 79.7 cm³/mol. The van der Waals surface area contributed by atoms with Gasteiger partial charge >= 0.3 is 0 Å². The summed E-state index contributed by atoms with van der Waals surface area (Å²) in [6, 6.07) is 2.17. The number of aromatic nitrogens is 2. The van der Waals surface area contributed by atoms with Crippen molar-refractivity contribution in [2.24, 2.45) is 0 Å². The number of nitrogen functional groups attached to an aromatic ring is 1. The number of carbonyl (C=O) groups is 1. The van der Waals surface area contributed by atoms with E-state index >= 15 is 0 Å². The van der Waals surface area contributed by atoms with E-state index < -0.39 is 5.54 Å². The van der Waals surface area contributed by atoms with Crippen LogP contribution in [0.15, 0.2) is 23.8 Å². The molecule has 3 N–H and O–H groups in total. The number of hydrogen-bond donors (Lipinski definition) is 2. The van der Waals surface area contributed by atoms with Gasteiger partial charge in [-0.05, 0) is 32.8 Å². The van der Waals surface area contributed by atoms with Gasteiger partial charge in [0.05, 0.1) is 11.2 Å². The minimum Gasteiger partial charge on any atom is -0.397 e. The number of rotatable bonds is 4. The van der Waals surface area contributed by atoms with E-state index in [-0.39, 0.29) is 5.91 Å². The summed E-state index contributed by atoms with van der Waals surface area (Å²) in [6.45, 7) is 3.91. The molecule has 3 rings (SSSR count). The van der Waals surface area contributed by atoms with Crippen LogP contribution in [-0.4, -0.2) is 15.5 Å². The van der Waals surface area contributed by atoms with Crippen LogP contribution in [0, 0.1) is 0 Å². The van der Waals surface area contributed by atoms with Gasteiger partial charge in [0.15, 0.2) is 0 Å². The van der Waals surface area contributed by atoms with Gasteiger partial charge in [-0.3, -0.25) is 4.79 Å². The molecule has 1 amide bonds. The number of amides is 1. The van der Waals surface area contributed by atoms with Crippen molar-refractivity contribution in [1.29, 1.82) is 0 Å². The first-order chi connectivity index (χ1) is 9.47. The van der Waals surface area contributed by atoms with Crippen molar-refractivity contribution >= 4 is 22.9 Å². The highest BCUT2D eigenvalue weighted by Crippen LogP contribution is 2.37. The van der Waals surface area contributed by atoms with E-state index in [1.807, 2.05) is 30.0 Å². The third-order valence-electron chi connectivity index (χ3n) is 3.44. The Morgan fingerprint density at radius 1 is 1.55 bits per heavy atom. The minimum atomic E-state index is -0.487. The van der Waals surface area contributed by atoms with Gasteiger partial charge in [0.1, 0.15) is 10.7 Å². The molecule has 0 aliphatic heterocycles. The van der Waals surface area contributed by atoms with E-state index in [1.54, 1.807) is 12.3 Å². The smallest absolute Gasteiger partial charge is 0.268 e. The van der Waals surface area contributed by atoms with E-state index in [9.17, 15) is 4.79 Å². The second-order valence-electron chi connectivity index (χ2n) is 5.71. The first-order valence-electron chi connectivity index (χ1n) is 6.67. The molecule has 0 bridgehead atoms. The second kappa shape index (κ2) is 4.63. The zero-order valence-corrected chi connectivity index (χ0v) is 12.4. The Hall–Kier alpha value is -1.82. The molecular weight excluding hydrogens is 272 g/mol. The summed E-state index contributed by atoms with van der Waals surface area (Å²) in [5.74, 6) is -0.103. The molecule has 1 fully saturated rings. The third kappa shape index (κ3) is 2.43. The topological polar surface area (TPSA) is 72.9 Å². The first kappa shape index (κ1) is 13.2. The van der Waals surface area contributed by atoms with Crippen LogP contribution in [0.25, 0.3) is 0 Å². The molecule has 0 atom stereocenters. The molecule has 5 nitrogen and oxygen atoms in total. The Labute approximate surface area is 121 Å². The molecule has 2 aromatic rings. The maximum Gasteiger partial charge on any atom is 0.268 e. The number of nitrogens with two attached hydrogens (primary N) is 1. The van der Waals surface area contributed by atoms with Crippen molar-refractivity contribution in [3.05, 3.63) is 34.5 Å². The van der Waals surface area contributed by atoms with Crippen LogP contribution in [-0.2, 0) is 5.54 Å². The molecule has 1 saturated carbocycles. The molecule has 1 aliphatic rings. The SMILES string of the molecule is CC(C)(NC(=O)c1cc(N)cn1C1CC1)c1nccs1. The number of anilines is 1. The molecule has 0 radical (unpaired) electrons. The summed E-state index contributed by atoms with van der Waals surface area (Å²) in [5.41, 5.74) is 6.61. The van der Waals surface area contributed by atoms with E-state index in [1.165, 1.54) is 11.3 Å². The van der Waals surface area contributed by atoms with Crippen molar-refractivity contribution in [3.8, 4) is 0 Å². The monoisotopic (exact) mass is 290 g/mol. The summed E-state index contributed by atoms with van der Waals surface area (Å²) in [5, 5.41) is 5.85. The number of carbonyl (C=O) groups excluding carboxylic acids is 1. The van der Waals surface area contributed by atoms with E-state index in [4.69, 9.17) is 5.73 Å². The highest BCUT2D eigenvalue weighted by atomic mass is 32.1. The summed E-state index contributed by atoms with van der Waals surface area (Å²) >= 11 is 1.54. The average Bonchev–Trinajstić information content (AvgIpc) is 2.90. The van der Waals surface area contributed by atoms with E-state index in [0.29, 0.717) is 17.4 Å². The fourth-order valence-electron chi connectivity index (χ4n) is 2.27. The molecule has 1 aliphatic carbocycles. The number of nitrogens with zero attached hydrogens (tertiary/aromatic N) is 2. The van der Waals surface area contributed by atoms with Crippen LogP contribution in [0.4, 0.5) is 5.69 Å². The highest BCUT2D eigenvalue weighted by Gasteiger charge is 2.31. The normalized spacial score (nSPS) is 15.3. The lowest BCUT2D eigenvalue weighted by atomic mass is 10.1. The van der Waals surface area contributed by atoms with E-state index in [2.05, 4.69) is 10.3 Å². The molecule has 0 saturated heterocycles. The molecule has 2 aromatic heterocycles. The fraction of sp³-hybridized carbons (Fsp3) is 0.429. The van der Waals surface area contributed by atoms with Gasteiger partial charge in [0.2, 0.25) is 0 Å². The van der Waals surface area contributed by atoms with Crippen LogP contribution in [0.3, 0.4) is 0 Å². The number of hydrogen-bond acceptors (Lipinski definition) is 4. The first-order valence-corrected chi connectivity index (χ1v) is 7.55. The van der Waals surface area contributed by atoms with Crippen LogP contribution in [0.2, 0.25) is 0 Å². The van der Waals surface area contributed by atoms with Crippen LogP contribution in [0.1, 0.15) is 48.2 Å². The zero-order chi connectivity index (χ0) is 14.3.